The van der Waals surface area contributed by atoms with Crippen LogP contribution in [0, 0.1) is 0 Å². The number of esters is 1. The molecule has 136 valence electrons. The van der Waals surface area contributed by atoms with Gasteiger partial charge in [-0.15, -0.1) is 0 Å². The lowest BCUT2D eigenvalue weighted by atomic mass is 10.2. The molecule has 8 heteroatoms. The first-order valence-corrected chi connectivity index (χ1v) is 7.84. The molecule has 1 aromatic heterocycles. The van der Waals surface area contributed by atoms with Crippen LogP contribution in [0.5, 0.6) is 0 Å². The van der Waals surface area contributed by atoms with Gasteiger partial charge in [-0.1, -0.05) is 18.2 Å². The number of nitrogens with one attached hydrogen (secondary N) is 1. The summed E-state index contributed by atoms with van der Waals surface area (Å²) in [6, 6.07) is 13.9. The number of hydrogen-bond acceptors (Lipinski definition) is 6. The molecule has 0 unspecified atom stereocenters. The number of ether oxygens (including phenoxy) is 1. The molecule has 3 aromatic rings. The average molecular weight is 366 g/mol. The quantitative estimate of drug-likeness (QED) is 0.522. The molecule has 0 aliphatic heterocycles. The Morgan fingerprint density at radius 1 is 1.04 bits per heavy atom. The summed E-state index contributed by atoms with van der Waals surface area (Å²) in [5.41, 5.74) is 5.02. The van der Waals surface area contributed by atoms with E-state index >= 15 is 0 Å². The highest BCUT2D eigenvalue weighted by Gasteiger charge is 2.16. The summed E-state index contributed by atoms with van der Waals surface area (Å²) in [6.45, 7) is -0.595. The Hall–Kier alpha value is -3.94. The zero-order valence-electron chi connectivity index (χ0n) is 13.9. The molecule has 2 aromatic carbocycles. The Balaban J connectivity index is 1.63. The second-order valence-electron chi connectivity index (χ2n) is 5.55. The lowest BCUT2D eigenvalue weighted by Gasteiger charge is -2.07. The Morgan fingerprint density at radius 3 is 2.44 bits per heavy atom. The summed E-state index contributed by atoms with van der Waals surface area (Å²) in [5, 5.41) is 3.05. The number of nitrogens with two attached hydrogens (primary N) is 1. The van der Waals surface area contributed by atoms with Crippen molar-refractivity contribution in [3.63, 3.8) is 0 Å². The van der Waals surface area contributed by atoms with Gasteiger partial charge in [-0.3, -0.25) is 9.59 Å². The number of carbonyl (C=O) groups excluding carboxylic acids is 3. The zero-order chi connectivity index (χ0) is 19.4. The van der Waals surface area contributed by atoms with Crippen LogP contribution < -0.4 is 16.7 Å². The second kappa shape index (κ2) is 7.52. The molecule has 3 N–H and O–H groups in total. The summed E-state index contributed by atoms with van der Waals surface area (Å²) in [7, 11) is 0. The first-order valence-electron chi connectivity index (χ1n) is 7.84. The van der Waals surface area contributed by atoms with Crippen LogP contribution in [0.15, 0.2) is 63.8 Å². The van der Waals surface area contributed by atoms with Crippen LogP contribution in [-0.2, 0) is 9.53 Å². The van der Waals surface area contributed by atoms with Crippen LogP contribution in [0.1, 0.15) is 20.7 Å². The minimum absolute atomic E-state index is 0.294. The van der Waals surface area contributed by atoms with E-state index in [-0.39, 0.29) is 5.56 Å². The van der Waals surface area contributed by atoms with Crippen molar-refractivity contribution in [2.24, 2.45) is 5.73 Å². The van der Waals surface area contributed by atoms with E-state index in [0.717, 1.165) is 0 Å². The molecule has 0 spiro atoms. The van der Waals surface area contributed by atoms with Gasteiger partial charge in [-0.05, 0) is 36.4 Å². The molecule has 1 heterocycles. The van der Waals surface area contributed by atoms with Gasteiger partial charge in [0.05, 0.1) is 0 Å². The number of anilines is 1. The van der Waals surface area contributed by atoms with Crippen LogP contribution in [0.3, 0.4) is 0 Å². The van der Waals surface area contributed by atoms with Gasteiger partial charge in [0.1, 0.15) is 11.1 Å². The van der Waals surface area contributed by atoms with Crippen molar-refractivity contribution in [3.05, 3.63) is 76.1 Å². The van der Waals surface area contributed by atoms with Crippen molar-refractivity contribution in [1.29, 1.82) is 0 Å². The van der Waals surface area contributed by atoms with Gasteiger partial charge in [0.2, 0.25) is 5.91 Å². The van der Waals surface area contributed by atoms with Crippen LogP contribution in [0.2, 0.25) is 0 Å². The maximum Gasteiger partial charge on any atom is 0.351 e. The van der Waals surface area contributed by atoms with Crippen molar-refractivity contribution in [3.8, 4) is 0 Å². The number of hydrogen-bond donors (Lipinski definition) is 2. The van der Waals surface area contributed by atoms with Gasteiger partial charge in [-0.2, -0.15) is 0 Å². The number of rotatable bonds is 5. The van der Waals surface area contributed by atoms with Gasteiger partial charge in [-0.25, -0.2) is 9.59 Å². The Kier molecular flexibility index (Phi) is 4.98. The molecular weight excluding hydrogens is 352 g/mol. The van der Waals surface area contributed by atoms with E-state index < -0.39 is 30.0 Å². The van der Waals surface area contributed by atoms with Crippen molar-refractivity contribution in [2.45, 2.75) is 0 Å². The molecule has 0 aliphatic rings. The molecule has 2 amide bonds. The molecule has 0 radical (unpaired) electrons. The smallest absolute Gasteiger partial charge is 0.351 e. The molecule has 8 nitrogen and oxygen atoms in total. The maximum atomic E-state index is 12.1. The fourth-order valence-electron chi connectivity index (χ4n) is 2.33. The molecule has 0 saturated carbocycles. The van der Waals surface area contributed by atoms with E-state index in [0.29, 0.717) is 22.2 Å². The zero-order valence-corrected chi connectivity index (χ0v) is 13.9. The third kappa shape index (κ3) is 4.18. The van der Waals surface area contributed by atoms with E-state index in [1.165, 1.54) is 30.3 Å². The van der Waals surface area contributed by atoms with Crippen molar-refractivity contribution >= 4 is 34.4 Å². The van der Waals surface area contributed by atoms with Crippen molar-refractivity contribution < 1.29 is 23.5 Å². The molecular formula is C19H14N2O6. The second-order valence-corrected chi connectivity index (χ2v) is 5.55. The highest BCUT2D eigenvalue weighted by atomic mass is 16.5. The fourth-order valence-corrected chi connectivity index (χ4v) is 2.33. The standard InChI is InChI=1S/C19H14N2O6/c20-17(23)11-5-7-13(8-6-11)21-16(22)10-26-18(24)14-9-12-3-1-2-4-15(12)27-19(14)25/h1-9H,10H2,(H2,20,23)(H,21,22). The van der Waals surface area contributed by atoms with Gasteiger partial charge in [0, 0.05) is 16.6 Å². The van der Waals surface area contributed by atoms with Gasteiger partial charge < -0.3 is 20.2 Å². The molecule has 27 heavy (non-hydrogen) atoms. The van der Waals surface area contributed by atoms with Gasteiger partial charge in [0.15, 0.2) is 6.61 Å². The SMILES string of the molecule is NC(=O)c1ccc(NC(=O)COC(=O)c2cc3ccccc3oc2=O)cc1. The third-order valence-corrected chi connectivity index (χ3v) is 3.65. The number of carbonyl (C=O) groups is 3. The molecule has 0 saturated heterocycles. The van der Waals surface area contributed by atoms with E-state index in [9.17, 15) is 19.2 Å². The Bertz CT molecular complexity index is 1090. The predicted molar refractivity (Wildman–Crippen MR) is 96.4 cm³/mol. The summed E-state index contributed by atoms with van der Waals surface area (Å²) >= 11 is 0. The number of fused-ring (bicyclic) bond motifs is 1. The van der Waals surface area contributed by atoms with Crippen molar-refractivity contribution in [1.82, 2.24) is 0 Å². The molecule has 0 aliphatic carbocycles. The fraction of sp³-hybridized carbons (Fsp3) is 0.0526. The number of primary amides is 1. The molecule has 0 bridgehead atoms. The van der Waals surface area contributed by atoms with Crippen LogP contribution in [0.25, 0.3) is 11.0 Å². The maximum absolute atomic E-state index is 12.1. The lowest BCUT2D eigenvalue weighted by Crippen LogP contribution is -2.23. The van der Waals surface area contributed by atoms with E-state index in [1.54, 1.807) is 24.3 Å². The van der Waals surface area contributed by atoms with Crippen molar-refractivity contribution in [2.75, 3.05) is 11.9 Å². The molecule has 0 atom stereocenters. The molecule has 3 rings (SSSR count). The molecule has 0 fully saturated rings. The van der Waals surface area contributed by atoms with Crippen LogP contribution in [0.4, 0.5) is 5.69 Å². The topological polar surface area (TPSA) is 129 Å². The summed E-state index contributed by atoms with van der Waals surface area (Å²) in [6.07, 6.45) is 0. The Morgan fingerprint density at radius 2 is 1.74 bits per heavy atom. The summed E-state index contributed by atoms with van der Waals surface area (Å²) < 4.78 is 9.92. The van der Waals surface area contributed by atoms with Crippen LogP contribution >= 0.6 is 0 Å². The third-order valence-electron chi connectivity index (χ3n) is 3.65. The predicted octanol–water partition coefficient (Wildman–Crippen LogP) is 1.69. The summed E-state index contributed by atoms with van der Waals surface area (Å²) in [4.78, 5) is 46.8. The summed E-state index contributed by atoms with van der Waals surface area (Å²) in [5.74, 6) is -2.16. The monoisotopic (exact) mass is 366 g/mol. The Labute approximate surface area is 152 Å². The van der Waals surface area contributed by atoms with E-state index in [4.69, 9.17) is 14.9 Å². The highest BCUT2D eigenvalue weighted by Crippen LogP contribution is 2.13. The van der Waals surface area contributed by atoms with Crippen LogP contribution in [-0.4, -0.2) is 24.4 Å². The van der Waals surface area contributed by atoms with Gasteiger partial charge >= 0.3 is 11.6 Å². The number of amides is 2. The minimum Gasteiger partial charge on any atom is -0.452 e. The van der Waals surface area contributed by atoms with E-state index in [1.807, 2.05) is 0 Å². The van der Waals surface area contributed by atoms with E-state index in [2.05, 4.69) is 5.32 Å². The first kappa shape index (κ1) is 17.9. The minimum atomic E-state index is -0.964. The number of benzene rings is 2. The first-order chi connectivity index (χ1) is 12.9. The lowest BCUT2D eigenvalue weighted by molar-refractivity contribution is -0.119. The largest absolute Gasteiger partial charge is 0.452 e. The normalized spacial score (nSPS) is 10.4. The highest BCUT2D eigenvalue weighted by molar-refractivity contribution is 5.97. The number of para-hydroxylation sites is 1. The average Bonchev–Trinajstić information content (AvgIpc) is 2.66. The van der Waals surface area contributed by atoms with Gasteiger partial charge in [0.25, 0.3) is 5.91 Å².